The zero-order valence-corrected chi connectivity index (χ0v) is 13.8. The predicted molar refractivity (Wildman–Crippen MR) is 87.5 cm³/mol. The maximum absolute atomic E-state index is 12.7. The normalized spacial score (nSPS) is 27.4. The quantitative estimate of drug-likeness (QED) is 0.801. The van der Waals surface area contributed by atoms with Gasteiger partial charge < -0.3 is 9.64 Å². The molecule has 0 spiro atoms. The lowest BCUT2D eigenvalue weighted by molar-refractivity contribution is -0.172. The van der Waals surface area contributed by atoms with Crippen LogP contribution in [0, 0.1) is 5.41 Å². The number of benzene rings is 1. The standard InChI is InChI=1S/C19H25NO3/c1-2-23-18(22)19-12-7-6-10-16(19)20(17(21)11-13-19)14-15-8-4-3-5-9-15/h3-5,8-9,16H,2,6-7,10-14H2,1H3. The molecule has 0 bridgehead atoms. The third kappa shape index (κ3) is 2.99. The first-order chi connectivity index (χ1) is 11.2. The number of piperidine rings is 1. The molecule has 4 heteroatoms. The molecular formula is C19H25NO3. The molecule has 23 heavy (non-hydrogen) atoms. The monoisotopic (exact) mass is 315 g/mol. The van der Waals surface area contributed by atoms with Gasteiger partial charge in [0.25, 0.3) is 0 Å². The van der Waals surface area contributed by atoms with Crippen LogP contribution in [0.3, 0.4) is 0 Å². The minimum absolute atomic E-state index is 0.0169. The van der Waals surface area contributed by atoms with Gasteiger partial charge >= 0.3 is 5.97 Å². The summed E-state index contributed by atoms with van der Waals surface area (Å²) in [6, 6.07) is 10.0. The van der Waals surface area contributed by atoms with Crippen molar-refractivity contribution in [1.29, 1.82) is 0 Å². The van der Waals surface area contributed by atoms with Gasteiger partial charge in [-0.2, -0.15) is 0 Å². The summed E-state index contributed by atoms with van der Waals surface area (Å²) in [4.78, 5) is 27.2. The maximum Gasteiger partial charge on any atom is 0.314 e. The van der Waals surface area contributed by atoms with E-state index in [0.29, 0.717) is 26.0 Å². The fraction of sp³-hybridized carbons (Fsp3) is 0.579. The van der Waals surface area contributed by atoms with Crippen molar-refractivity contribution >= 4 is 11.9 Å². The lowest BCUT2D eigenvalue weighted by Gasteiger charge is -2.50. The van der Waals surface area contributed by atoms with Crippen LogP contribution in [0.2, 0.25) is 0 Å². The molecule has 1 aromatic carbocycles. The molecule has 1 heterocycles. The van der Waals surface area contributed by atoms with Crippen molar-refractivity contribution in [1.82, 2.24) is 4.90 Å². The molecular weight excluding hydrogens is 290 g/mol. The van der Waals surface area contributed by atoms with Gasteiger partial charge in [-0.05, 0) is 31.7 Å². The average Bonchev–Trinajstić information content (AvgIpc) is 2.58. The molecule has 0 radical (unpaired) electrons. The summed E-state index contributed by atoms with van der Waals surface area (Å²) in [5.74, 6) is 0.0657. The van der Waals surface area contributed by atoms with E-state index in [0.717, 1.165) is 31.2 Å². The van der Waals surface area contributed by atoms with Crippen LogP contribution >= 0.6 is 0 Å². The summed E-state index contributed by atoms with van der Waals surface area (Å²) >= 11 is 0. The van der Waals surface area contributed by atoms with Gasteiger partial charge in [0.05, 0.1) is 12.0 Å². The zero-order chi connectivity index (χ0) is 16.3. The van der Waals surface area contributed by atoms with Crippen LogP contribution in [-0.2, 0) is 20.9 Å². The van der Waals surface area contributed by atoms with E-state index >= 15 is 0 Å². The number of carbonyl (C=O) groups is 2. The summed E-state index contributed by atoms with van der Waals surface area (Å²) in [5, 5.41) is 0. The van der Waals surface area contributed by atoms with Crippen LogP contribution in [0.15, 0.2) is 30.3 Å². The molecule has 2 fully saturated rings. The highest BCUT2D eigenvalue weighted by molar-refractivity contribution is 5.84. The molecule has 4 nitrogen and oxygen atoms in total. The van der Waals surface area contributed by atoms with E-state index in [4.69, 9.17) is 4.74 Å². The maximum atomic E-state index is 12.7. The summed E-state index contributed by atoms with van der Waals surface area (Å²) in [5.41, 5.74) is 0.628. The summed E-state index contributed by atoms with van der Waals surface area (Å²) in [7, 11) is 0. The van der Waals surface area contributed by atoms with Crippen molar-refractivity contribution in [3.05, 3.63) is 35.9 Å². The Morgan fingerprint density at radius 2 is 2.04 bits per heavy atom. The van der Waals surface area contributed by atoms with Crippen LogP contribution in [-0.4, -0.2) is 29.4 Å². The third-order valence-corrected chi connectivity index (χ3v) is 5.35. The number of fused-ring (bicyclic) bond motifs is 1. The van der Waals surface area contributed by atoms with Gasteiger partial charge in [0.1, 0.15) is 0 Å². The second kappa shape index (κ2) is 6.73. The second-order valence-electron chi connectivity index (χ2n) is 6.65. The second-order valence-corrected chi connectivity index (χ2v) is 6.65. The number of nitrogens with zero attached hydrogens (tertiary/aromatic N) is 1. The van der Waals surface area contributed by atoms with Gasteiger partial charge in [-0.1, -0.05) is 43.2 Å². The first-order valence-electron chi connectivity index (χ1n) is 8.68. The predicted octanol–water partition coefficient (Wildman–Crippen LogP) is 3.30. The van der Waals surface area contributed by atoms with Crippen LogP contribution in [0.25, 0.3) is 0 Å². The number of ether oxygens (including phenoxy) is 1. The summed E-state index contributed by atoms with van der Waals surface area (Å²) < 4.78 is 5.40. The molecule has 2 unspecified atom stereocenters. The fourth-order valence-corrected chi connectivity index (χ4v) is 4.21. The molecule has 1 aromatic rings. The Morgan fingerprint density at radius 1 is 1.26 bits per heavy atom. The molecule has 124 valence electrons. The summed E-state index contributed by atoms with van der Waals surface area (Å²) in [6.45, 7) is 2.84. The van der Waals surface area contributed by atoms with Crippen LogP contribution in [0.4, 0.5) is 0 Å². The number of carbonyl (C=O) groups excluding carboxylic acids is 2. The van der Waals surface area contributed by atoms with Crippen molar-refractivity contribution in [2.24, 2.45) is 5.41 Å². The smallest absolute Gasteiger partial charge is 0.314 e. The van der Waals surface area contributed by atoms with Gasteiger partial charge in [-0.3, -0.25) is 9.59 Å². The Kier molecular flexibility index (Phi) is 4.69. The van der Waals surface area contributed by atoms with Gasteiger partial charge in [-0.25, -0.2) is 0 Å². The number of hydrogen-bond acceptors (Lipinski definition) is 3. The number of rotatable bonds is 4. The SMILES string of the molecule is CCOC(=O)C12CCCCC1N(Cc1ccccc1)C(=O)CC2. The van der Waals surface area contributed by atoms with Crippen LogP contribution in [0.5, 0.6) is 0 Å². The van der Waals surface area contributed by atoms with Crippen molar-refractivity contribution in [2.45, 2.75) is 58.0 Å². The van der Waals surface area contributed by atoms with E-state index < -0.39 is 5.41 Å². The van der Waals surface area contributed by atoms with Crippen LogP contribution < -0.4 is 0 Å². The van der Waals surface area contributed by atoms with E-state index in [9.17, 15) is 9.59 Å². The van der Waals surface area contributed by atoms with E-state index in [1.165, 1.54) is 0 Å². The Morgan fingerprint density at radius 3 is 2.78 bits per heavy atom. The molecule has 1 saturated heterocycles. The molecule has 2 aliphatic rings. The highest BCUT2D eigenvalue weighted by atomic mass is 16.5. The number of esters is 1. The van der Waals surface area contributed by atoms with Crippen molar-refractivity contribution in [3.8, 4) is 0 Å². The highest BCUT2D eigenvalue weighted by Gasteiger charge is 2.54. The molecule has 2 atom stereocenters. The fourth-order valence-electron chi connectivity index (χ4n) is 4.21. The summed E-state index contributed by atoms with van der Waals surface area (Å²) in [6.07, 6.45) is 4.95. The highest BCUT2D eigenvalue weighted by Crippen LogP contribution is 2.47. The minimum Gasteiger partial charge on any atom is -0.466 e. The zero-order valence-electron chi connectivity index (χ0n) is 13.8. The lowest BCUT2D eigenvalue weighted by atomic mass is 9.64. The number of hydrogen-bond donors (Lipinski definition) is 0. The Labute approximate surface area is 137 Å². The number of amides is 1. The van der Waals surface area contributed by atoms with Gasteiger partial charge in [-0.15, -0.1) is 0 Å². The van der Waals surface area contributed by atoms with Crippen molar-refractivity contribution in [3.63, 3.8) is 0 Å². The van der Waals surface area contributed by atoms with E-state index in [1.807, 2.05) is 42.2 Å². The molecule has 1 aliphatic carbocycles. The Balaban J connectivity index is 1.88. The van der Waals surface area contributed by atoms with Crippen LogP contribution in [0.1, 0.15) is 51.0 Å². The van der Waals surface area contributed by atoms with E-state index in [1.54, 1.807) is 0 Å². The van der Waals surface area contributed by atoms with Gasteiger partial charge in [0.2, 0.25) is 5.91 Å². The molecule has 1 aliphatic heterocycles. The Hall–Kier alpha value is -1.84. The number of likely N-dealkylation sites (tertiary alicyclic amines) is 1. The Bertz CT molecular complexity index is 571. The molecule has 0 aromatic heterocycles. The minimum atomic E-state index is -0.489. The lowest BCUT2D eigenvalue weighted by Crippen LogP contribution is -2.59. The van der Waals surface area contributed by atoms with Gasteiger partial charge in [0.15, 0.2) is 0 Å². The third-order valence-electron chi connectivity index (χ3n) is 5.35. The van der Waals surface area contributed by atoms with Gasteiger partial charge in [0, 0.05) is 19.0 Å². The molecule has 0 N–H and O–H groups in total. The van der Waals surface area contributed by atoms with Crippen molar-refractivity contribution < 1.29 is 14.3 Å². The largest absolute Gasteiger partial charge is 0.466 e. The van der Waals surface area contributed by atoms with Crippen molar-refractivity contribution in [2.75, 3.05) is 6.61 Å². The first kappa shape index (κ1) is 16.0. The molecule has 3 rings (SSSR count). The molecule has 1 amide bonds. The molecule has 1 saturated carbocycles. The first-order valence-corrected chi connectivity index (χ1v) is 8.68. The topological polar surface area (TPSA) is 46.6 Å². The van der Waals surface area contributed by atoms with E-state index in [2.05, 4.69) is 0 Å². The average molecular weight is 315 g/mol. The van der Waals surface area contributed by atoms with E-state index in [-0.39, 0.29) is 17.9 Å².